The van der Waals surface area contributed by atoms with Crippen LogP contribution in [0.4, 0.5) is 5.69 Å². The topological polar surface area (TPSA) is 29.3 Å². The van der Waals surface area contributed by atoms with Gasteiger partial charge in [-0.25, -0.2) is 0 Å². The van der Waals surface area contributed by atoms with Crippen molar-refractivity contribution in [2.45, 2.75) is 59.4 Å². The van der Waals surface area contributed by atoms with E-state index in [1.54, 1.807) is 0 Å². The molecule has 1 rings (SSSR count). The van der Waals surface area contributed by atoms with E-state index in [1.165, 1.54) is 49.9 Å². The molecule has 0 bridgehead atoms. The highest BCUT2D eigenvalue weighted by Crippen LogP contribution is 2.21. The second-order valence-corrected chi connectivity index (χ2v) is 5.73. The second kappa shape index (κ2) is 9.82. The maximum atomic E-state index is 5.68. The summed E-state index contributed by atoms with van der Waals surface area (Å²) in [4.78, 5) is 2.55. The fourth-order valence-electron chi connectivity index (χ4n) is 2.67. The van der Waals surface area contributed by atoms with Crippen molar-refractivity contribution in [1.29, 1.82) is 0 Å². The lowest BCUT2D eigenvalue weighted by Gasteiger charge is -2.29. The SMILES string of the molecule is CCCCC(CC)CN(CCC)c1ccc(CN)cc1. The number of hydrogen-bond donors (Lipinski definition) is 1. The molecule has 0 saturated carbocycles. The summed E-state index contributed by atoms with van der Waals surface area (Å²) in [7, 11) is 0. The average Bonchev–Trinajstić information content (AvgIpc) is 2.50. The van der Waals surface area contributed by atoms with Gasteiger partial charge >= 0.3 is 0 Å². The number of benzene rings is 1. The van der Waals surface area contributed by atoms with Gasteiger partial charge < -0.3 is 10.6 Å². The Bertz CT molecular complexity index is 345. The summed E-state index contributed by atoms with van der Waals surface area (Å²) in [5.74, 6) is 0.815. The first-order valence-electron chi connectivity index (χ1n) is 8.29. The molecular formula is C18H32N2. The Kier molecular flexibility index (Phi) is 8.36. The van der Waals surface area contributed by atoms with Crippen molar-refractivity contribution in [3.8, 4) is 0 Å². The van der Waals surface area contributed by atoms with Crippen molar-refractivity contribution in [3.05, 3.63) is 29.8 Å². The van der Waals surface area contributed by atoms with Crippen molar-refractivity contribution in [2.24, 2.45) is 11.7 Å². The molecule has 2 nitrogen and oxygen atoms in total. The van der Waals surface area contributed by atoms with Gasteiger partial charge in [-0.1, -0.05) is 52.2 Å². The molecule has 0 aliphatic rings. The maximum absolute atomic E-state index is 5.68. The lowest BCUT2D eigenvalue weighted by atomic mass is 9.98. The Morgan fingerprint density at radius 2 is 1.75 bits per heavy atom. The molecule has 1 aromatic rings. The van der Waals surface area contributed by atoms with Gasteiger partial charge in [-0.05, 0) is 36.5 Å². The summed E-state index contributed by atoms with van der Waals surface area (Å²) in [5, 5.41) is 0. The minimum atomic E-state index is 0.627. The largest absolute Gasteiger partial charge is 0.371 e. The van der Waals surface area contributed by atoms with Gasteiger partial charge in [0.25, 0.3) is 0 Å². The Labute approximate surface area is 125 Å². The number of hydrogen-bond acceptors (Lipinski definition) is 2. The molecule has 20 heavy (non-hydrogen) atoms. The standard InChI is InChI=1S/C18H32N2/c1-4-7-8-16(6-3)15-20(13-5-2)18-11-9-17(14-19)10-12-18/h9-12,16H,4-8,13-15,19H2,1-3H3. The van der Waals surface area contributed by atoms with E-state index in [0.29, 0.717) is 6.54 Å². The van der Waals surface area contributed by atoms with E-state index in [-0.39, 0.29) is 0 Å². The Morgan fingerprint density at radius 1 is 1.05 bits per heavy atom. The zero-order valence-electron chi connectivity index (χ0n) is 13.6. The highest BCUT2D eigenvalue weighted by Gasteiger charge is 2.12. The van der Waals surface area contributed by atoms with Crippen LogP contribution >= 0.6 is 0 Å². The number of nitrogens with zero attached hydrogens (tertiary/aromatic N) is 1. The minimum absolute atomic E-state index is 0.627. The van der Waals surface area contributed by atoms with E-state index in [1.807, 2.05) is 0 Å². The van der Waals surface area contributed by atoms with Crippen LogP contribution in [0.2, 0.25) is 0 Å². The van der Waals surface area contributed by atoms with Crippen molar-refractivity contribution in [2.75, 3.05) is 18.0 Å². The fraction of sp³-hybridized carbons (Fsp3) is 0.667. The van der Waals surface area contributed by atoms with Gasteiger partial charge in [-0.3, -0.25) is 0 Å². The van der Waals surface area contributed by atoms with E-state index < -0.39 is 0 Å². The third-order valence-corrected chi connectivity index (χ3v) is 4.05. The minimum Gasteiger partial charge on any atom is -0.371 e. The molecule has 114 valence electrons. The molecular weight excluding hydrogens is 244 g/mol. The van der Waals surface area contributed by atoms with Crippen LogP contribution < -0.4 is 10.6 Å². The van der Waals surface area contributed by atoms with Crippen molar-refractivity contribution >= 4 is 5.69 Å². The van der Waals surface area contributed by atoms with Crippen molar-refractivity contribution in [1.82, 2.24) is 0 Å². The molecule has 0 spiro atoms. The third kappa shape index (κ3) is 5.54. The Hall–Kier alpha value is -1.02. The first kappa shape index (κ1) is 17.0. The predicted molar refractivity (Wildman–Crippen MR) is 90.1 cm³/mol. The van der Waals surface area contributed by atoms with Gasteiger partial charge in [0.1, 0.15) is 0 Å². The molecule has 0 radical (unpaired) electrons. The number of rotatable bonds is 10. The van der Waals surface area contributed by atoms with E-state index in [0.717, 1.165) is 12.5 Å². The van der Waals surface area contributed by atoms with Crippen LogP contribution in [0.15, 0.2) is 24.3 Å². The van der Waals surface area contributed by atoms with Gasteiger partial charge in [0.2, 0.25) is 0 Å². The summed E-state index contributed by atoms with van der Waals surface area (Å²) in [6, 6.07) is 8.77. The normalized spacial score (nSPS) is 12.4. The molecule has 0 heterocycles. The molecule has 1 aromatic carbocycles. The summed E-state index contributed by atoms with van der Waals surface area (Å²) >= 11 is 0. The second-order valence-electron chi connectivity index (χ2n) is 5.73. The molecule has 2 N–H and O–H groups in total. The molecule has 1 atom stereocenters. The molecule has 0 aliphatic heterocycles. The highest BCUT2D eigenvalue weighted by molar-refractivity contribution is 5.47. The number of anilines is 1. The van der Waals surface area contributed by atoms with Crippen molar-refractivity contribution < 1.29 is 0 Å². The lowest BCUT2D eigenvalue weighted by Crippen LogP contribution is -2.30. The molecule has 0 aliphatic carbocycles. The van der Waals surface area contributed by atoms with Crippen molar-refractivity contribution in [3.63, 3.8) is 0 Å². The summed E-state index contributed by atoms with van der Waals surface area (Å²) in [5.41, 5.74) is 8.24. The monoisotopic (exact) mass is 276 g/mol. The molecule has 2 heteroatoms. The number of unbranched alkanes of at least 4 members (excludes halogenated alkanes) is 1. The van der Waals surface area contributed by atoms with Gasteiger partial charge in [0, 0.05) is 25.3 Å². The van der Waals surface area contributed by atoms with E-state index in [9.17, 15) is 0 Å². The molecule has 0 saturated heterocycles. The third-order valence-electron chi connectivity index (χ3n) is 4.05. The summed E-state index contributed by atoms with van der Waals surface area (Å²) in [6.45, 7) is 9.82. The fourth-order valence-corrected chi connectivity index (χ4v) is 2.67. The van der Waals surface area contributed by atoms with Crippen LogP contribution in [-0.2, 0) is 6.54 Å². The highest BCUT2D eigenvalue weighted by atomic mass is 15.1. The van der Waals surface area contributed by atoms with E-state index in [4.69, 9.17) is 5.73 Å². The number of nitrogens with two attached hydrogens (primary N) is 1. The Balaban J connectivity index is 2.70. The van der Waals surface area contributed by atoms with E-state index >= 15 is 0 Å². The summed E-state index contributed by atoms with van der Waals surface area (Å²) in [6.07, 6.45) is 6.48. The van der Waals surface area contributed by atoms with Gasteiger partial charge in [-0.2, -0.15) is 0 Å². The lowest BCUT2D eigenvalue weighted by molar-refractivity contribution is 0.445. The molecule has 1 unspecified atom stereocenters. The first-order valence-corrected chi connectivity index (χ1v) is 8.29. The van der Waals surface area contributed by atoms with Gasteiger partial charge in [0.05, 0.1) is 0 Å². The van der Waals surface area contributed by atoms with Gasteiger partial charge in [-0.15, -0.1) is 0 Å². The molecule has 0 aromatic heterocycles. The molecule has 0 fully saturated rings. The van der Waals surface area contributed by atoms with Crippen LogP contribution in [-0.4, -0.2) is 13.1 Å². The smallest absolute Gasteiger partial charge is 0.0366 e. The van der Waals surface area contributed by atoms with Crippen LogP contribution in [0.5, 0.6) is 0 Å². The summed E-state index contributed by atoms with van der Waals surface area (Å²) < 4.78 is 0. The van der Waals surface area contributed by atoms with Crippen LogP contribution in [0.1, 0.15) is 58.4 Å². The first-order chi connectivity index (χ1) is 9.74. The zero-order valence-corrected chi connectivity index (χ0v) is 13.6. The predicted octanol–water partition coefficient (Wildman–Crippen LogP) is 4.58. The van der Waals surface area contributed by atoms with Crippen LogP contribution in [0.25, 0.3) is 0 Å². The van der Waals surface area contributed by atoms with Crippen LogP contribution in [0.3, 0.4) is 0 Å². The maximum Gasteiger partial charge on any atom is 0.0366 e. The Morgan fingerprint density at radius 3 is 2.25 bits per heavy atom. The zero-order chi connectivity index (χ0) is 14.8. The van der Waals surface area contributed by atoms with E-state index in [2.05, 4.69) is 49.9 Å². The van der Waals surface area contributed by atoms with Gasteiger partial charge in [0.15, 0.2) is 0 Å². The average molecular weight is 276 g/mol. The molecule has 0 amide bonds. The quantitative estimate of drug-likeness (QED) is 0.678. The van der Waals surface area contributed by atoms with Crippen LogP contribution in [0, 0.1) is 5.92 Å².